The van der Waals surface area contributed by atoms with E-state index in [1.54, 1.807) is 0 Å². The lowest BCUT2D eigenvalue weighted by Crippen LogP contribution is -2.25. The Balaban J connectivity index is 1.30. The maximum Gasteiger partial charge on any atom is 0.0423 e. The molecule has 0 aromatic heterocycles. The van der Waals surface area contributed by atoms with E-state index >= 15 is 0 Å². The Bertz CT molecular complexity index is 1760. The molecule has 42 heavy (non-hydrogen) atoms. The topological polar surface area (TPSA) is 0 Å². The number of rotatable bonds is 6. The van der Waals surface area contributed by atoms with Crippen molar-refractivity contribution in [1.82, 2.24) is 0 Å². The standard InChI is InChI=1S/C40H30Br2/c1-40(33-16-5-27(6-17-33)29-11-22-36(41)23-12-29,34-18-7-28(8-19-34)30-13-24-37(42)25-14-30)35-20-9-32(10-21-35)38-4-2-3-31-15-26-39(31)38/h2-14,16-25H,15,26H2,1H3. The van der Waals surface area contributed by atoms with Crippen LogP contribution in [0.2, 0.25) is 0 Å². The summed E-state index contributed by atoms with van der Waals surface area (Å²) in [6.45, 7) is 2.36. The zero-order chi connectivity index (χ0) is 28.7. The molecule has 0 aliphatic heterocycles. The molecule has 0 atom stereocenters. The van der Waals surface area contributed by atoms with Crippen molar-refractivity contribution in [1.29, 1.82) is 0 Å². The second-order valence-corrected chi connectivity index (χ2v) is 13.1. The van der Waals surface area contributed by atoms with Crippen LogP contribution < -0.4 is 0 Å². The summed E-state index contributed by atoms with van der Waals surface area (Å²) in [6.07, 6.45) is 2.38. The average Bonchev–Trinajstić information content (AvgIpc) is 3.02. The third-order valence-corrected chi connectivity index (χ3v) is 10.0. The van der Waals surface area contributed by atoms with Crippen molar-refractivity contribution in [3.05, 3.63) is 176 Å². The Morgan fingerprint density at radius 1 is 0.429 bits per heavy atom. The molecular weight excluding hydrogens is 640 g/mol. The van der Waals surface area contributed by atoms with Crippen molar-refractivity contribution < 1.29 is 0 Å². The maximum atomic E-state index is 3.56. The smallest absolute Gasteiger partial charge is 0.0423 e. The highest BCUT2D eigenvalue weighted by Crippen LogP contribution is 2.42. The Hall–Kier alpha value is -3.72. The number of benzene rings is 6. The fraction of sp³-hybridized carbons (Fsp3) is 0.100. The van der Waals surface area contributed by atoms with Crippen molar-refractivity contribution in [2.24, 2.45) is 0 Å². The minimum atomic E-state index is -0.323. The molecule has 0 radical (unpaired) electrons. The lowest BCUT2D eigenvalue weighted by atomic mass is 9.70. The summed E-state index contributed by atoms with van der Waals surface area (Å²) in [4.78, 5) is 0. The van der Waals surface area contributed by atoms with Gasteiger partial charge in [0, 0.05) is 14.4 Å². The van der Waals surface area contributed by atoms with Gasteiger partial charge in [-0.1, -0.05) is 147 Å². The molecule has 0 amide bonds. The first-order chi connectivity index (χ1) is 20.5. The molecule has 2 heteroatoms. The van der Waals surface area contributed by atoms with Gasteiger partial charge in [-0.2, -0.15) is 0 Å². The lowest BCUT2D eigenvalue weighted by molar-refractivity contribution is 0.693. The fourth-order valence-corrected chi connectivity index (χ4v) is 6.81. The van der Waals surface area contributed by atoms with Crippen molar-refractivity contribution >= 4 is 31.9 Å². The van der Waals surface area contributed by atoms with Crippen molar-refractivity contribution in [2.45, 2.75) is 25.2 Å². The van der Waals surface area contributed by atoms with E-state index in [4.69, 9.17) is 0 Å². The Labute approximate surface area is 265 Å². The molecule has 6 aromatic rings. The fourth-order valence-electron chi connectivity index (χ4n) is 6.28. The molecule has 7 rings (SSSR count). The van der Waals surface area contributed by atoms with Gasteiger partial charge in [-0.05, 0) is 105 Å². The van der Waals surface area contributed by atoms with E-state index in [9.17, 15) is 0 Å². The van der Waals surface area contributed by atoms with E-state index in [2.05, 4.69) is 178 Å². The third-order valence-electron chi connectivity index (χ3n) is 8.97. The lowest BCUT2D eigenvalue weighted by Gasteiger charge is -2.32. The minimum Gasteiger partial charge on any atom is -0.0614 e. The highest BCUT2D eigenvalue weighted by molar-refractivity contribution is 9.10. The van der Waals surface area contributed by atoms with Gasteiger partial charge in [-0.15, -0.1) is 0 Å². The van der Waals surface area contributed by atoms with E-state index in [1.165, 1.54) is 74.0 Å². The number of halogens is 2. The quantitative estimate of drug-likeness (QED) is 0.155. The van der Waals surface area contributed by atoms with Crippen LogP contribution in [0.1, 0.15) is 34.7 Å². The summed E-state index contributed by atoms with van der Waals surface area (Å²) in [6, 6.07) is 51.3. The molecule has 1 aliphatic carbocycles. The molecule has 6 aromatic carbocycles. The Kier molecular flexibility index (Phi) is 7.22. The molecule has 0 spiro atoms. The Morgan fingerprint density at radius 3 is 1.19 bits per heavy atom. The van der Waals surface area contributed by atoms with Gasteiger partial charge in [0.25, 0.3) is 0 Å². The molecule has 1 aliphatic rings. The molecule has 0 saturated carbocycles. The first-order valence-electron chi connectivity index (χ1n) is 14.4. The van der Waals surface area contributed by atoms with E-state index in [-0.39, 0.29) is 5.41 Å². The monoisotopic (exact) mass is 668 g/mol. The van der Waals surface area contributed by atoms with E-state index < -0.39 is 0 Å². The molecule has 0 unspecified atom stereocenters. The SMILES string of the molecule is CC(c1ccc(-c2ccc(Br)cc2)cc1)(c1ccc(-c2ccc(Br)cc2)cc1)c1ccc(-c2cccc3c2CC3)cc1. The van der Waals surface area contributed by atoms with Crippen molar-refractivity contribution in [2.75, 3.05) is 0 Å². The zero-order valence-corrected chi connectivity index (χ0v) is 26.6. The first kappa shape index (κ1) is 27.1. The maximum absolute atomic E-state index is 3.56. The third kappa shape index (κ3) is 4.97. The van der Waals surface area contributed by atoms with Crippen LogP contribution in [0.25, 0.3) is 33.4 Å². The van der Waals surface area contributed by atoms with Crippen LogP contribution in [0.5, 0.6) is 0 Å². The van der Waals surface area contributed by atoms with E-state index in [0.717, 1.165) is 8.95 Å². The summed E-state index contributed by atoms with van der Waals surface area (Å²) in [5, 5.41) is 0. The summed E-state index contributed by atoms with van der Waals surface area (Å²) >= 11 is 7.12. The summed E-state index contributed by atoms with van der Waals surface area (Å²) < 4.78 is 2.19. The van der Waals surface area contributed by atoms with Gasteiger partial charge in [-0.3, -0.25) is 0 Å². The van der Waals surface area contributed by atoms with Gasteiger partial charge in [0.15, 0.2) is 0 Å². The highest BCUT2D eigenvalue weighted by Gasteiger charge is 2.31. The molecule has 0 saturated heterocycles. The summed E-state index contributed by atoms with van der Waals surface area (Å²) in [7, 11) is 0. The second-order valence-electron chi connectivity index (χ2n) is 11.3. The molecule has 0 bridgehead atoms. The van der Waals surface area contributed by atoms with Gasteiger partial charge in [0.1, 0.15) is 0 Å². The van der Waals surface area contributed by atoms with E-state index in [0.29, 0.717) is 0 Å². The number of hydrogen-bond donors (Lipinski definition) is 0. The predicted octanol–water partition coefficient (Wildman–Crippen LogP) is 11.7. The number of aryl methyl sites for hydroxylation is 1. The first-order valence-corrected chi connectivity index (χ1v) is 16.0. The second kappa shape index (κ2) is 11.2. The molecular formula is C40H30Br2. The summed E-state index contributed by atoms with van der Waals surface area (Å²) in [5.74, 6) is 0. The normalized spacial score (nSPS) is 12.5. The Morgan fingerprint density at radius 2 is 0.810 bits per heavy atom. The zero-order valence-electron chi connectivity index (χ0n) is 23.4. The van der Waals surface area contributed by atoms with Crippen LogP contribution in [-0.2, 0) is 18.3 Å². The van der Waals surface area contributed by atoms with Crippen LogP contribution in [0.3, 0.4) is 0 Å². The average molecular weight is 670 g/mol. The van der Waals surface area contributed by atoms with Crippen LogP contribution in [0.4, 0.5) is 0 Å². The minimum absolute atomic E-state index is 0.323. The van der Waals surface area contributed by atoms with Gasteiger partial charge in [-0.25, -0.2) is 0 Å². The van der Waals surface area contributed by atoms with Gasteiger partial charge in [0.2, 0.25) is 0 Å². The van der Waals surface area contributed by atoms with Crippen molar-refractivity contribution in [3.8, 4) is 33.4 Å². The van der Waals surface area contributed by atoms with E-state index in [1.807, 2.05) is 0 Å². The van der Waals surface area contributed by atoms with Gasteiger partial charge >= 0.3 is 0 Å². The van der Waals surface area contributed by atoms with Crippen LogP contribution in [0, 0.1) is 0 Å². The highest BCUT2D eigenvalue weighted by atomic mass is 79.9. The predicted molar refractivity (Wildman–Crippen MR) is 184 cm³/mol. The molecule has 0 fully saturated rings. The van der Waals surface area contributed by atoms with Gasteiger partial charge < -0.3 is 0 Å². The van der Waals surface area contributed by atoms with Crippen LogP contribution in [-0.4, -0.2) is 0 Å². The number of hydrogen-bond acceptors (Lipinski definition) is 0. The molecule has 0 N–H and O–H groups in total. The molecule has 0 nitrogen and oxygen atoms in total. The molecule has 204 valence electrons. The summed E-state index contributed by atoms with van der Waals surface area (Å²) in [5.41, 5.74) is 14.1. The van der Waals surface area contributed by atoms with Crippen LogP contribution >= 0.6 is 31.9 Å². The number of fused-ring (bicyclic) bond motifs is 1. The largest absolute Gasteiger partial charge is 0.0614 e. The van der Waals surface area contributed by atoms with Gasteiger partial charge in [0.05, 0.1) is 0 Å². The van der Waals surface area contributed by atoms with Crippen molar-refractivity contribution in [3.63, 3.8) is 0 Å². The molecule has 0 heterocycles. The van der Waals surface area contributed by atoms with Crippen LogP contribution in [0.15, 0.2) is 148 Å².